The Kier molecular flexibility index (Phi) is 8.80. The highest BCUT2D eigenvalue weighted by molar-refractivity contribution is 4.49. The Morgan fingerprint density at radius 1 is 0.867 bits per heavy atom. The number of alkyl halides is 3. The Morgan fingerprint density at radius 2 is 1.40 bits per heavy atom. The smallest absolute Gasteiger partial charge is 0.381 e. The summed E-state index contributed by atoms with van der Waals surface area (Å²) in [4.78, 5) is 0. The molecule has 0 aliphatic heterocycles. The number of hydrogen-bond acceptors (Lipinski definition) is 2. The first-order valence-corrected chi connectivity index (χ1v) is 5.28. The van der Waals surface area contributed by atoms with Crippen LogP contribution < -0.4 is 0 Å². The van der Waals surface area contributed by atoms with Gasteiger partial charge in [-0.2, -0.15) is 13.2 Å². The van der Waals surface area contributed by atoms with E-state index in [-0.39, 0.29) is 13.0 Å². The second kappa shape index (κ2) is 8.97. The quantitative estimate of drug-likeness (QED) is 0.564. The normalized spacial score (nSPS) is 12.0. The van der Waals surface area contributed by atoms with Crippen LogP contribution in [0.15, 0.2) is 0 Å². The highest BCUT2D eigenvalue weighted by Crippen LogP contribution is 2.20. The molecule has 0 aromatic rings. The van der Waals surface area contributed by atoms with Crippen LogP contribution in [0.25, 0.3) is 0 Å². The van der Waals surface area contributed by atoms with Gasteiger partial charge in [-0.3, -0.25) is 0 Å². The fourth-order valence-electron chi connectivity index (χ4n) is 0.986. The Balaban J connectivity index is 2.99. The number of hydrogen-bond donors (Lipinski definition) is 0. The SMILES string of the molecule is CCCOCCCOCCCC(F)(F)F. The van der Waals surface area contributed by atoms with E-state index in [9.17, 15) is 13.2 Å². The van der Waals surface area contributed by atoms with Crippen LogP contribution >= 0.6 is 0 Å². The molecule has 92 valence electrons. The molecule has 0 aliphatic rings. The molecule has 0 unspecified atom stereocenters. The van der Waals surface area contributed by atoms with E-state index in [1.165, 1.54) is 0 Å². The molecule has 0 rings (SSSR count). The predicted molar refractivity (Wildman–Crippen MR) is 51.8 cm³/mol. The molecule has 0 N–H and O–H groups in total. The molecule has 0 spiro atoms. The van der Waals surface area contributed by atoms with Crippen LogP contribution in [-0.4, -0.2) is 32.6 Å². The molecular weight excluding hydrogens is 209 g/mol. The third-order valence-electron chi connectivity index (χ3n) is 1.67. The Morgan fingerprint density at radius 3 is 1.93 bits per heavy atom. The second-order valence-corrected chi connectivity index (χ2v) is 3.30. The van der Waals surface area contributed by atoms with Crippen molar-refractivity contribution in [1.82, 2.24) is 0 Å². The van der Waals surface area contributed by atoms with Crippen LogP contribution in [0.5, 0.6) is 0 Å². The third kappa shape index (κ3) is 13.7. The van der Waals surface area contributed by atoms with Crippen LogP contribution in [0, 0.1) is 0 Å². The van der Waals surface area contributed by atoms with Gasteiger partial charge in [-0.25, -0.2) is 0 Å². The summed E-state index contributed by atoms with van der Waals surface area (Å²) in [5.41, 5.74) is 0. The first-order valence-electron chi connectivity index (χ1n) is 5.28. The van der Waals surface area contributed by atoms with E-state index in [0.717, 1.165) is 19.4 Å². The average molecular weight is 228 g/mol. The lowest BCUT2D eigenvalue weighted by Gasteiger charge is -2.07. The zero-order chi connectivity index (χ0) is 11.6. The molecule has 15 heavy (non-hydrogen) atoms. The van der Waals surface area contributed by atoms with Crippen molar-refractivity contribution < 1.29 is 22.6 Å². The highest BCUT2D eigenvalue weighted by atomic mass is 19.4. The van der Waals surface area contributed by atoms with E-state index >= 15 is 0 Å². The Labute approximate surface area is 88.7 Å². The molecule has 0 aromatic carbocycles. The molecule has 0 bridgehead atoms. The molecule has 5 heteroatoms. The molecule has 0 aromatic heterocycles. The zero-order valence-corrected chi connectivity index (χ0v) is 9.11. The number of rotatable bonds is 9. The first-order chi connectivity index (χ1) is 7.06. The molecule has 0 heterocycles. The first kappa shape index (κ1) is 14.7. The molecular formula is C10H19F3O2. The van der Waals surface area contributed by atoms with Crippen molar-refractivity contribution >= 4 is 0 Å². The summed E-state index contributed by atoms with van der Waals surface area (Å²) in [5.74, 6) is 0. The topological polar surface area (TPSA) is 18.5 Å². The standard InChI is InChI=1S/C10H19F3O2/c1-2-6-14-8-4-9-15-7-3-5-10(11,12)13/h2-9H2,1H3. The number of halogens is 3. The molecule has 0 amide bonds. The summed E-state index contributed by atoms with van der Waals surface area (Å²) in [6.45, 7) is 4.02. The maximum absolute atomic E-state index is 11.7. The zero-order valence-electron chi connectivity index (χ0n) is 9.11. The van der Waals surface area contributed by atoms with E-state index in [4.69, 9.17) is 9.47 Å². The van der Waals surface area contributed by atoms with Gasteiger partial charge in [-0.15, -0.1) is 0 Å². The van der Waals surface area contributed by atoms with Crippen molar-refractivity contribution in [1.29, 1.82) is 0 Å². The molecule has 0 fully saturated rings. The summed E-state index contributed by atoms with van der Waals surface area (Å²) in [6, 6.07) is 0. The van der Waals surface area contributed by atoms with E-state index in [1.807, 2.05) is 6.92 Å². The number of ether oxygens (including phenoxy) is 2. The third-order valence-corrected chi connectivity index (χ3v) is 1.67. The van der Waals surface area contributed by atoms with Gasteiger partial charge in [0.1, 0.15) is 0 Å². The van der Waals surface area contributed by atoms with E-state index in [2.05, 4.69) is 0 Å². The van der Waals surface area contributed by atoms with Crippen LogP contribution in [0.2, 0.25) is 0 Å². The van der Waals surface area contributed by atoms with E-state index in [1.54, 1.807) is 0 Å². The van der Waals surface area contributed by atoms with Gasteiger partial charge < -0.3 is 9.47 Å². The molecule has 0 saturated heterocycles. The van der Waals surface area contributed by atoms with Gasteiger partial charge in [0.05, 0.1) is 0 Å². The minimum Gasteiger partial charge on any atom is -0.381 e. The summed E-state index contributed by atoms with van der Waals surface area (Å²) in [6.07, 6.45) is -3.06. The average Bonchev–Trinajstić information content (AvgIpc) is 2.14. The maximum Gasteiger partial charge on any atom is 0.389 e. The second-order valence-electron chi connectivity index (χ2n) is 3.30. The molecule has 0 aliphatic carbocycles. The summed E-state index contributed by atoms with van der Waals surface area (Å²) in [7, 11) is 0. The lowest BCUT2D eigenvalue weighted by Crippen LogP contribution is -2.09. The van der Waals surface area contributed by atoms with Crippen molar-refractivity contribution in [2.45, 2.75) is 38.8 Å². The molecule has 2 nitrogen and oxygen atoms in total. The van der Waals surface area contributed by atoms with E-state index in [0.29, 0.717) is 13.2 Å². The minimum absolute atomic E-state index is 0.0410. The van der Waals surface area contributed by atoms with Gasteiger partial charge in [-0.1, -0.05) is 6.92 Å². The van der Waals surface area contributed by atoms with Gasteiger partial charge in [0.15, 0.2) is 0 Å². The Hall–Kier alpha value is -0.290. The minimum atomic E-state index is -4.06. The molecule has 0 atom stereocenters. The van der Waals surface area contributed by atoms with Crippen LogP contribution in [0.1, 0.15) is 32.6 Å². The fourth-order valence-corrected chi connectivity index (χ4v) is 0.986. The largest absolute Gasteiger partial charge is 0.389 e. The van der Waals surface area contributed by atoms with Gasteiger partial charge >= 0.3 is 6.18 Å². The van der Waals surface area contributed by atoms with Crippen molar-refractivity contribution in [3.8, 4) is 0 Å². The van der Waals surface area contributed by atoms with Crippen molar-refractivity contribution in [2.75, 3.05) is 26.4 Å². The predicted octanol–water partition coefficient (Wildman–Crippen LogP) is 3.16. The van der Waals surface area contributed by atoms with Crippen molar-refractivity contribution in [3.63, 3.8) is 0 Å². The maximum atomic E-state index is 11.7. The van der Waals surface area contributed by atoms with Gasteiger partial charge in [0.2, 0.25) is 0 Å². The van der Waals surface area contributed by atoms with Gasteiger partial charge in [-0.05, 0) is 19.3 Å². The lowest BCUT2D eigenvalue weighted by atomic mass is 10.3. The summed E-state index contributed by atoms with van der Waals surface area (Å²) >= 11 is 0. The van der Waals surface area contributed by atoms with Crippen molar-refractivity contribution in [3.05, 3.63) is 0 Å². The van der Waals surface area contributed by atoms with Gasteiger partial charge in [0.25, 0.3) is 0 Å². The highest BCUT2D eigenvalue weighted by Gasteiger charge is 2.25. The van der Waals surface area contributed by atoms with Gasteiger partial charge in [0, 0.05) is 32.8 Å². The van der Waals surface area contributed by atoms with E-state index < -0.39 is 12.6 Å². The summed E-state index contributed by atoms with van der Waals surface area (Å²) < 4.78 is 45.3. The van der Waals surface area contributed by atoms with Crippen molar-refractivity contribution in [2.24, 2.45) is 0 Å². The molecule has 0 saturated carbocycles. The lowest BCUT2D eigenvalue weighted by molar-refractivity contribution is -0.137. The van der Waals surface area contributed by atoms with Crippen LogP contribution in [0.4, 0.5) is 13.2 Å². The monoisotopic (exact) mass is 228 g/mol. The molecule has 0 radical (unpaired) electrons. The Bertz CT molecular complexity index is 137. The fraction of sp³-hybridized carbons (Fsp3) is 1.00. The van der Waals surface area contributed by atoms with Crippen LogP contribution in [-0.2, 0) is 9.47 Å². The van der Waals surface area contributed by atoms with Crippen LogP contribution in [0.3, 0.4) is 0 Å². The summed E-state index contributed by atoms with van der Waals surface area (Å²) in [5, 5.41) is 0.